The van der Waals surface area contributed by atoms with Gasteiger partial charge < -0.3 is 15.7 Å². The number of amides is 2. The summed E-state index contributed by atoms with van der Waals surface area (Å²) in [6.45, 7) is 4.93. The molecule has 0 aromatic heterocycles. The second-order valence-electron chi connectivity index (χ2n) is 5.22. The van der Waals surface area contributed by atoms with Gasteiger partial charge in [0.05, 0.1) is 0 Å². The minimum absolute atomic E-state index is 0.0190. The first kappa shape index (κ1) is 17.9. The molecule has 0 aliphatic rings. The van der Waals surface area contributed by atoms with E-state index in [-0.39, 0.29) is 18.1 Å². The first-order valence-electron chi connectivity index (χ1n) is 7.39. The third kappa shape index (κ3) is 5.59. The predicted octanol–water partition coefficient (Wildman–Crippen LogP) is 3.72. The molecule has 0 saturated carbocycles. The average molecular weight is 310 g/mol. The molecule has 0 fully saturated rings. The van der Waals surface area contributed by atoms with Gasteiger partial charge in [0.1, 0.15) is 0 Å². The highest BCUT2D eigenvalue weighted by atomic mass is 32.2. The molecule has 21 heavy (non-hydrogen) atoms. The molecule has 0 aliphatic heterocycles. The number of hydrogen-bond donors (Lipinski definition) is 3. The Morgan fingerprint density at radius 3 is 2.33 bits per heavy atom. The highest BCUT2D eigenvalue weighted by Gasteiger charge is 2.26. The SMILES string of the molecule is CCC(CC)(CCO)CNC(=O)Nc1ccc(SC)cc1. The molecule has 0 aliphatic carbocycles. The Morgan fingerprint density at radius 1 is 1.24 bits per heavy atom. The van der Waals surface area contributed by atoms with Crippen molar-refractivity contribution in [2.45, 2.75) is 38.0 Å². The van der Waals surface area contributed by atoms with Crippen LogP contribution in [0.5, 0.6) is 0 Å². The standard InChI is InChI=1S/C16H26N2O2S/c1-4-16(5-2,10-11-19)12-17-15(20)18-13-6-8-14(21-3)9-7-13/h6-9,19H,4-5,10-12H2,1-3H3,(H2,17,18,20). The van der Waals surface area contributed by atoms with E-state index in [1.54, 1.807) is 11.8 Å². The summed E-state index contributed by atoms with van der Waals surface area (Å²) in [7, 11) is 0. The smallest absolute Gasteiger partial charge is 0.319 e. The second kappa shape index (κ2) is 8.95. The molecule has 0 saturated heterocycles. The lowest BCUT2D eigenvalue weighted by molar-refractivity contribution is 0.165. The second-order valence-corrected chi connectivity index (χ2v) is 6.10. The maximum atomic E-state index is 12.0. The zero-order valence-corrected chi connectivity index (χ0v) is 13.9. The molecule has 5 heteroatoms. The van der Waals surface area contributed by atoms with Crippen LogP contribution in [0.1, 0.15) is 33.1 Å². The van der Waals surface area contributed by atoms with Crippen LogP contribution in [0.15, 0.2) is 29.2 Å². The number of urea groups is 1. The molecule has 0 unspecified atom stereocenters. The molecule has 1 rings (SSSR count). The van der Waals surface area contributed by atoms with Crippen molar-refractivity contribution in [2.24, 2.45) is 5.41 Å². The summed E-state index contributed by atoms with van der Waals surface area (Å²) < 4.78 is 0. The van der Waals surface area contributed by atoms with Gasteiger partial charge in [-0.15, -0.1) is 11.8 Å². The number of carbonyl (C=O) groups is 1. The minimum atomic E-state index is -0.198. The van der Waals surface area contributed by atoms with Crippen LogP contribution in [0.4, 0.5) is 10.5 Å². The molecule has 118 valence electrons. The summed E-state index contributed by atoms with van der Waals surface area (Å²) in [6, 6.07) is 7.55. The summed E-state index contributed by atoms with van der Waals surface area (Å²) in [5.41, 5.74) is 0.764. The zero-order chi connectivity index (χ0) is 15.7. The number of thioether (sulfide) groups is 1. The maximum Gasteiger partial charge on any atom is 0.319 e. The van der Waals surface area contributed by atoms with E-state index in [2.05, 4.69) is 24.5 Å². The monoisotopic (exact) mass is 310 g/mol. The third-order valence-corrected chi connectivity index (χ3v) is 4.86. The van der Waals surface area contributed by atoms with Crippen LogP contribution >= 0.6 is 11.8 Å². The predicted molar refractivity (Wildman–Crippen MR) is 90.0 cm³/mol. The number of aliphatic hydroxyl groups is 1. The summed E-state index contributed by atoms with van der Waals surface area (Å²) in [5.74, 6) is 0. The van der Waals surface area contributed by atoms with Crippen molar-refractivity contribution in [3.05, 3.63) is 24.3 Å². The molecule has 1 aromatic carbocycles. The van der Waals surface area contributed by atoms with E-state index in [9.17, 15) is 9.90 Å². The molecule has 1 aromatic rings. The van der Waals surface area contributed by atoms with Gasteiger partial charge in [0.25, 0.3) is 0 Å². The topological polar surface area (TPSA) is 61.4 Å². The molecule has 0 spiro atoms. The number of rotatable bonds is 8. The highest BCUT2D eigenvalue weighted by Crippen LogP contribution is 2.29. The fourth-order valence-corrected chi connectivity index (χ4v) is 2.70. The van der Waals surface area contributed by atoms with Crippen LogP contribution in [0.25, 0.3) is 0 Å². The number of anilines is 1. The number of carbonyl (C=O) groups excluding carboxylic acids is 1. The Balaban J connectivity index is 2.52. The first-order chi connectivity index (χ1) is 10.1. The van der Waals surface area contributed by atoms with Crippen LogP contribution in [-0.4, -0.2) is 30.5 Å². The van der Waals surface area contributed by atoms with Crippen molar-refractivity contribution in [1.29, 1.82) is 0 Å². The molecule has 2 amide bonds. The molecule has 4 nitrogen and oxygen atoms in total. The number of nitrogens with one attached hydrogen (secondary N) is 2. The lowest BCUT2D eigenvalue weighted by Crippen LogP contribution is -2.39. The Kier molecular flexibility index (Phi) is 7.61. The van der Waals surface area contributed by atoms with Gasteiger partial charge in [0, 0.05) is 23.7 Å². The van der Waals surface area contributed by atoms with Gasteiger partial charge in [-0.2, -0.15) is 0 Å². The Hall–Kier alpha value is -1.20. The van der Waals surface area contributed by atoms with Crippen LogP contribution < -0.4 is 10.6 Å². The van der Waals surface area contributed by atoms with Crippen LogP contribution in [0.3, 0.4) is 0 Å². The van der Waals surface area contributed by atoms with Crippen molar-refractivity contribution in [2.75, 3.05) is 24.7 Å². The van der Waals surface area contributed by atoms with E-state index < -0.39 is 0 Å². The molecule has 0 heterocycles. The Morgan fingerprint density at radius 2 is 1.86 bits per heavy atom. The molecule has 0 radical (unpaired) electrons. The Bertz CT molecular complexity index is 430. The van der Waals surface area contributed by atoms with Crippen molar-refractivity contribution in [3.8, 4) is 0 Å². The van der Waals surface area contributed by atoms with Gasteiger partial charge in [0.2, 0.25) is 0 Å². The first-order valence-corrected chi connectivity index (χ1v) is 8.61. The van der Waals surface area contributed by atoms with E-state index in [0.717, 1.165) is 18.5 Å². The Labute approximate surface area is 131 Å². The zero-order valence-electron chi connectivity index (χ0n) is 13.1. The lowest BCUT2D eigenvalue weighted by atomic mass is 9.79. The van der Waals surface area contributed by atoms with E-state index in [0.29, 0.717) is 13.0 Å². The van der Waals surface area contributed by atoms with Gasteiger partial charge in [-0.25, -0.2) is 4.79 Å². The normalized spacial score (nSPS) is 11.2. The van der Waals surface area contributed by atoms with Crippen molar-refractivity contribution >= 4 is 23.5 Å². The molecule has 3 N–H and O–H groups in total. The highest BCUT2D eigenvalue weighted by molar-refractivity contribution is 7.98. The van der Waals surface area contributed by atoms with Crippen LogP contribution in [-0.2, 0) is 0 Å². The largest absolute Gasteiger partial charge is 0.396 e. The maximum absolute atomic E-state index is 12.0. The van der Waals surface area contributed by atoms with Crippen LogP contribution in [0.2, 0.25) is 0 Å². The van der Waals surface area contributed by atoms with Crippen molar-refractivity contribution in [3.63, 3.8) is 0 Å². The van der Waals surface area contributed by atoms with E-state index in [1.165, 1.54) is 4.90 Å². The van der Waals surface area contributed by atoms with Gasteiger partial charge in [-0.05, 0) is 55.2 Å². The summed E-state index contributed by atoms with van der Waals surface area (Å²) >= 11 is 1.67. The molecule has 0 atom stereocenters. The van der Waals surface area contributed by atoms with Gasteiger partial charge in [0.15, 0.2) is 0 Å². The van der Waals surface area contributed by atoms with E-state index in [1.807, 2.05) is 30.5 Å². The van der Waals surface area contributed by atoms with Gasteiger partial charge in [-0.3, -0.25) is 0 Å². The molecular weight excluding hydrogens is 284 g/mol. The average Bonchev–Trinajstić information content (AvgIpc) is 2.52. The molecular formula is C16H26N2O2S. The fourth-order valence-electron chi connectivity index (χ4n) is 2.30. The van der Waals surface area contributed by atoms with E-state index >= 15 is 0 Å². The third-order valence-electron chi connectivity index (χ3n) is 4.11. The fraction of sp³-hybridized carbons (Fsp3) is 0.562. The number of aliphatic hydroxyl groups excluding tert-OH is 1. The summed E-state index contributed by atoms with van der Waals surface area (Å²) in [5, 5.41) is 14.9. The van der Waals surface area contributed by atoms with Gasteiger partial charge >= 0.3 is 6.03 Å². The summed E-state index contributed by atoms with van der Waals surface area (Å²) in [6.07, 6.45) is 4.60. The quantitative estimate of drug-likeness (QED) is 0.641. The van der Waals surface area contributed by atoms with Crippen molar-refractivity contribution in [1.82, 2.24) is 5.32 Å². The van der Waals surface area contributed by atoms with Crippen LogP contribution in [0, 0.1) is 5.41 Å². The van der Waals surface area contributed by atoms with E-state index in [4.69, 9.17) is 0 Å². The number of benzene rings is 1. The van der Waals surface area contributed by atoms with Gasteiger partial charge in [-0.1, -0.05) is 13.8 Å². The molecule has 0 bridgehead atoms. The summed E-state index contributed by atoms with van der Waals surface area (Å²) in [4.78, 5) is 13.1. The van der Waals surface area contributed by atoms with Crippen molar-refractivity contribution < 1.29 is 9.90 Å². The minimum Gasteiger partial charge on any atom is -0.396 e. The number of hydrogen-bond acceptors (Lipinski definition) is 3. The lowest BCUT2D eigenvalue weighted by Gasteiger charge is -2.31.